The Morgan fingerprint density at radius 3 is 2.70 bits per heavy atom. The highest BCUT2D eigenvalue weighted by molar-refractivity contribution is 6.31. The van der Waals surface area contributed by atoms with Crippen LogP contribution in [0, 0.1) is 0 Å². The molecule has 4 aromatic rings. The Morgan fingerprint density at radius 2 is 1.90 bits per heavy atom. The predicted octanol–water partition coefficient (Wildman–Crippen LogP) is 3.07. The van der Waals surface area contributed by atoms with Crippen molar-refractivity contribution in [2.75, 3.05) is 5.43 Å². The van der Waals surface area contributed by atoms with Crippen molar-refractivity contribution < 1.29 is 4.79 Å². The number of nitrogens with zero attached hydrogens (tertiary/aromatic N) is 4. The van der Waals surface area contributed by atoms with Gasteiger partial charge in [0.2, 0.25) is 5.95 Å². The van der Waals surface area contributed by atoms with Gasteiger partial charge in [-0.3, -0.25) is 29.7 Å². The van der Waals surface area contributed by atoms with Gasteiger partial charge in [-0.15, -0.1) is 0 Å². The maximum Gasteiger partial charge on any atom is 0.272 e. The molecule has 0 spiro atoms. The lowest BCUT2D eigenvalue weighted by molar-refractivity contribution is 0.0962. The number of hydrogen-bond donors (Lipinski definition) is 2. The minimum Gasteiger partial charge on any atom is -0.277 e. The first kappa shape index (κ1) is 19.7. The number of rotatable bonds is 6. The van der Waals surface area contributed by atoms with Gasteiger partial charge in [-0.05, 0) is 30.7 Å². The molecule has 0 fully saturated rings. The van der Waals surface area contributed by atoms with Gasteiger partial charge in [-0.25, -0.2) is 4.98 Å². The zero-order valence-corrected chi connectivity index (χ0v) is 16.9. The number of fused-ring (bicyclic) bond motifs is 1. The van der Waals surface area contributed by atoms with Crippen molar-refractivity contribution in [3.8, 4) is 0 Å². The maximum atomic E-state index is 12.6. The van der Waals surface area contributed by atoms with Crippen molar-refractivity contribution in [1.82, 2.24) is 24.8 Å². The number of halogens is 1. The van der Waals surface area contributed by atoms with Gasteiger partial charge in [0, 0.05) is 17.8 Å². The van der Waals surface area contributed by atoms with Crippen LogP contribution >= 0.6 is 11.6 Å². The molecule has 8 nitrogen and oxygen atoms in total. The SMILES string of the molecule is CCn1c(NNC(=O)c2cnn(Cc3ccccc3Cl)c2)nc2ccccc2c1=O. The standard InChI is InChI=1S/C21H19ClN6O2/c1-2-28-20(30)16-8-4-6-10-18(16)24-21(28)26-25-19(29)15-11-23-27(13-15)12-14-7-3-5-9-17(14)22/h3-11,13H,2,12H2,1H3,(H,24,26)(H,25,29). The zero-order valence-electron chi connectivity index (χ0n) is 16.2. The van der Waals surface area contributed by atoms with Gasteiger partial charge in [0.25, 0.3) is 11.5 Å². The molecule has 0 bridgehead atoms. The summed E-state index contributed by atoms with van der Waals surface area (Å²) in [5.74, 6) is -0.136. The summed E-state index contributed by atoms with van der Waals surface area (Å²) < 4.78 is 3.09. The molecule has 152 valence electrons. The van der Waals surface area contributed by atoms with Gasteiger partial charge in [-0.1, -0.05) is 41.9 Å². The summed E-state index contributed by atoms with van der Waals surface area (Å²) in [7, 11) is 0. The van der Waals surface area contributed by atoms with Gasteiger partial charge < -0.3 is 0 Å². The third kappa shape index (κ3) is 3.90. The van der Waals surface area contributed by atoms with Crippen molar-refractivity contribution in [2.24, 2.45) is 0 Å². The second-order valence-corrected chi connectivity index (χ2v) is 7.01. The molecule has 0 atom stereocenters. The minimum absolute atomic E-state index is 0.174. The Kier molecular flexibility index (Phi) is 5.49. The van der Waals surface area contributed by atoms with Crippen LogP contribution in [-0.2, 0) is 13.1 Å². The van der Waals surface area contributed by atoms with E-state index in [2.05, 4.69) is 20.9 Å². The first-order valence-electron chi connectivity index (χ1n) is 9.38. The highest BCUT2D eigenvalue weighted by Gasteiger charge is 2.13. The Morgan fingerprint density at radius 1 is 1.13 bits per heavy atom. The third-order valence-corrected chi connectivity index (χ3v) is 5.02. The molecule has 0 aliphatic heterocycles. The van der Waals surface area contributed by atoms with E-state index in [4.69, 9.17) is 11.6 Å². The summed E-state index contributed by atoms with van der Waals surface area (Å²) in [6, 6.07) is 14.5. The molecule has 0 aliphatic rings. The zero-order chi connectivity index (χ0) is 21.1. The maximum absolute atomic E-state index is 12.6. The fourth-order valence-electron chi connectivity index (χ4n) is 3.11. The van der Waals surface area contributed by atoms with Crippen LogP contribution in [0.15, 0.2) is 65.7 Å². The first-order chi connectivity index (χ1) is 14.6. The van der Waals surface area contributed by atoms with Crippen molar-refractivity contribution in [2.45, 2.75) is 20.0 Å². The van der Waals surface area contributed by atoms with E-state index in [1.807, 2.05) is 31.2 Å². The van der Waals surface area contributed by atoms with E-state index < -0.39 is 5.91 Å². The third-order valence-electron chi connectivity index (χ3n) is 4.65. The van der Waals surface area contributed by atoms with E-state index in [0.29, 0.717) is 34.6 Å². The van der Waals surface area contributed by atoms with E-state index in [9.17, 15) is 9.59 Å². The molecule has 4 rings (SSSR count). The van der Waals surface area contributed by atoms with Crippen molar-refractivity contribution >= 4 is 34.4 Å². The molecule has 30 heavy (non-hydrogen) atoms. The van der Waals surface area contributed by atoms with E-state index in [0.717, 1.165) is 5.56 Å². The number of aromatic nitrogens is 4. The average Bonchev–Trinajstić information content (AvgIpc) is 3.22. The lowest BCUT2D eigenvalue weighted by Crippen LogP contribution is -2.34. The molecule has 0 aliphatic carbocycles. The second kappa shape index (κ2) is 8.38. The lowest BCUT2D eigenvalue weighted by Gasteiger charge is -2.13. The molecule has 1 amide bonds. The summed E-state index contributed by atoms with van der Waals surface area (Å²) in [6.07, 6.45) is 3.09. The van der Waals surface area contributed by atoms with Crippen LogP contribution in [0.2, 0.25) is 5.02 Å². The van der Waals surface area contributed by atoms with E-state index >= 15 is 0 Å². The first-order valence-corrected chi connectivity index (χ1v) is 9.76. The normalized spacial score (nSPS) is 10.9. The topological polar surface area (TPSA) is 93.8 Å². The van der Waals surface area contributed by atoms with Crippen molar-refractivity contribution in [3.63, 3.8) is 0 Å². The summed E-state index contributed by atoms with van der Waals surface area (Å²) in [5.41, 5.74) is 6.98. The number of nitrogens with one attached hydrogen (secondary N) is 2. The number of anilines is 1. The fourth-order valence-corrected chi connectivity index (χ4v) is 3.31. The molecule has 0 unspecified atom stereocenters. The van der Waals surface area contributed by atoms with Crippen LogP contribution in [-0.4, -0.2) is 25.2 Å². The van der Waals surface area contributed by atoms with Crippen LogP contribution in [0.1, 0.15) is 22.8 Å². The summed E-state index contributed by atoms with van der Waals surface area (Å²) in [5, 5.41) is 5.38. The number of hydrazine groups is 1. The van der Waals surface area contributed by atoms with E-state index in [1.165, 1.54) is 10.8 Å². The van der Waals surface area contributed by atoms with Gasteiger partial charge in [0.15, 0.2) is 0 Å². The minimum atomic E-state index is -0.398. The molecule has 2 aromatic heterocycles. The molecule has 0 saturated heterocycles. The van der Waals surface area contributed by atoms with Crippen LogP contribution in [0.3, 0.4) is 0 Å². The van der Waals surface area contributed by atoms with Crippen molar-refractivity contribution in [1.29, 1.82) is 0 Å². The van der Waals surface area contributed by atoms with Crippen molar-refractivity contribution in [3.05, 3.63) is 87.4 Å². The highest BCUT2D eigenvalue weighted by Crippen LogP contribution is 2.16. The van der Waals surface area contributed by atoms with Crippen LogP contribution in [0.4, 0.5) is 5.95 Å². The quantitative estimate of drug-likeness (QED) is 0.466. The summed E-state index contributed by atoms with van der Waals surface area (Å²) in [4.78, 5) is 29.6. The van der Waals surface area contributed by atoms with Crippen LogP contribution in [0.5, 0.6) is 0 Å². The van der Waals surface area contributed by atoms with Crippen LogP contribution in [0.25, 0.3) is 10.9 Å². The number of hydrogen-bond acceptors (Lipinski definition) is 5. The largest absolute Gasteiger partial charge is 0.277 e. The molecule has 2 N–H and O–H groups in total. The Balaban J connectivity index is 1.50. The van der Waals surface area contributed by atoms with Gasteiger partial charge in [0.1, 0.15) is 0 Å². The predicted molar refractivity (Wildman–Crippen MR) is 116 cm³/mol. The number of carbonyl (C=O) groups is 1. The Labute approximate surface area is 177 Å². The highest BCUT2D eigenvalue weighted by atomic mass is 35.5. The molecule has 2 aromatic carbocycles. The molecule has 0 radical (unpaired) electrons. The average molecular weight is 423 g/mol. The molecule has 9 heteroatoms. The Bertz CT molecular complexity index is 1280. The Hall–Kier alpha value is -3.65. The van der Waals surface area contributed by atoms with Gasteiger partial charge in [-0.2, -0.15) is 5.10 Å². The molecular formula is C21H19ClN6O2. The number of carbonyl (C=O) groups excluding carboxylic acids is 1. The summed E-state index contributed by atoms with van der Waals surface area (Å²) in [6.45, 7) is 2.69. The second-order valence-electron chi connectivity index (χ2n) is 6.60. The molecule has 2 heterocycles. The monoisotopic (exact) mass is 422 g/mol. The lowest BCUT2D eigenvalue weighted by atomic mass is 10.2. The van der Waals surface area contributed by atoms with Crippen LogP contribution < -0.4 is 16.4 Å². The number of amides is 1. The molecular weight excluding hydrogens is 404 g/mol. The van der Waals surface area contributed by atoms with E-state index in [1.54, 1.807) is 35.1 Å². The van der Waals surface area contributed by atoms with Gasteiger partial charge >= 0.3 is 0 Å². The smallest absolute Gasteiger partial charge is 0.272 e. The van der Waals surface area contributed by atoms with Gasteiger partial charge in [0.05, 0.1) is 29.2 Å². The molecule has 0 saturated carbocycles. The summed E-state index contributed by atoms with van der Waals surface area (Å²) >= 11 is 6.18. The van der Waals surface area contributed by atoms with E-state index in [-0.39, 0.29) is 11.5 Å². The fraction of sp³-hybridized carbons (Fsp3) is 0.143. The number of para-hydroxylation sites is 1. The number of benzene rings is 2.